The summed E-state index contributed by atoms with van der Waals surface area (Å²) < 4.78 is 5.42. The molecule has 1 aliphatic rings. The minimum Gasteiger partial charge on any atom is -0.354 e. The Kier molecular flexibility index (Phi) is 3.64. The van der Waals surface area contributed by atoms with Gasteiger partial charge >= 0.3 is 0 Å². The van der Waals surface area contributed by atoms with Crippen LogP contribution in [0.4, 0.5) is 0 Å². The van der Waals surface area contributed by atoms with Crippen LogP contribution < -0.4 is 5.73 Å². The van der Waals surface area contributed by atoms with Crippen LogP contribution in [0.5, 0.6) is 0 Å². The van der Waals surface area contributed by atoms with Crippen LogP contribution in [0.15, 0.2) is 4.52 Å². The zero-order valence-electron chi connectivity index (χ0n) is 13.3. The van der Waals surface area contributed by atoms with Gasteiger partial charge in [0.1, 0.15) is 5.69 Å². The van der Waals surface area contributed by atoms with Gasteiger partial charge in [0.25, 0.3) is 5.89 Å². The van der Waals surface area contributed by atoms with Gasteiger partial charge in [0, 0.05) is 11.3 Å². The Morgan fingerprint density at radius 1 is 1.45 bits per heavy atom. The molecule has 22 heavy (non-hydrogen) atoms. The number of nitrogens with two attached hydrogens (primary N) is 1. The van der Waals surface area contributed by atoms with E-state index in [1.807, 2.05) is 6.92 Å². The number of carbonyl (C=O) groups excluding carboxylic acids is 1. The summed E-state index contributed by atoms with van der Waals surface area (Å²) in [6.07, 6.45) is 4.59. The van der Waals surface area contributed by atoms with Crippen molar-refractivity contribution in [3.05, 3.63) is 22.6 Å². The normalized spacial score (nSPS) is 16.5. The lowest BCUT2D eigenvalue weighted by atomic mass is 9.77. The van der Waals surface area contributed by atoms with Gasteiger partial charge in [-0.05, 0) is 45.1 Å². The predicted octanol–water partition coefficient (Wildman–Crippen LogP) is 2.87. The highest BCUT2D eigenvalue weighted by Crippen LogP contribution is 2.38. The van der Waals surface area contributed by atoms with Crippen molar-refractivity contribution in [3.8, 4) is 11.6 Å². The molecule has 2 heterocycles. The molecule has 0 saturated heterocycles. The number of rotatable bonds is 5. The van der Waals surface area contributed by atoms with Crippen molar-refractivity contribution in [3.63, 3.8) is 0 Å². The van der Waals surface area contributed by atoms with E-state index in [1.54, 1.807) is 6.92 Å². The average Bonchev–Trinajstić information content (AvgIpc) is 3.01. The Morgan fingerprint density at radius 3 is 2.73 bits per heavy atom. The van der Waals surface area contributed by atoms with E-state index in [4.69, 9.17) is 10.3 Å². The molecule has 0 bridgehead atoms. The lowest BCUT2D eigenvalue weighted by Gasteiger charge is -2.34. The third-order valence-corrected chi connectivity index (χ3v) is 4.47. The molecule has 2 aromatic heterocycles. The number of aromatic amines is 1. The zero-order chi connectivity index (χ0) is 15.9. The molecule has 1 aliphatic carbocycles. The lowest BCUT2D eigenvalue weighted by molar-refractivity contribution is 0.101. The van der Waals surface area contributed by atoms with Gasteiger partial charge < -0.3 is 15.2 Å². The van der Waals surface area contributed by atoms with Gasteiger partial charge in [-0.2, -0.15) is 4.98 Å². The summed E-state index contributed by atoms with van der Waals surface area (Å²) >= 11 is 0. The maximum absolute atomic E-state index is 11.9. The molecular formula is C16H22N4O2. The van der Waals surface area contributed by atoms with Gasteiger partial charge in [0.05, 0.1) is 5.54 Å². The monoisotopic (exact) mass is 302 g/mol. The van der Waals surface area contributed by atoms with Crippen LogP contribution in [0.3, 0.4) is 0 Å². The van der Waals surface area contributed by atoms with E-state index in [9.17, 15) is 4.79 Å². The first-order chi connectivity index (χ1) is 10.5. The van der Waals surface area contributed by atoms with Crippen molar-refractivity contribution >= 4 is 5.78 Å². The van der Waals surface area contributed by atoms with Crippen LogP contribution in [0, 0.1) is 6.92 Å². The minimum absolute atomic E-state index is 0.0532. The topological polar surface area (TPSA) is 97.8 Å². The lowest BCUT2D eigenvalue weighted by Crippen LogP contribution is -2.44. The van der Waals surface area contributed by atoms with E-state index in [1.165, 1.54) is 0 Å². The fourth-order valence-corrected chi connectivity index (χ4v) is 3.14. The number of ketones is 1. The molecule has 118 valence electrons. The van der Waals surface area contributed by atoms with E-state index >= 15 is 0 Å². The van der Waals surface area contributed by atoms with E-state index in [0.29, 0.717) is 11.7 Å². The number of Topliss-reactive ketones (excluding diaryl/α,β-unsaturated/α-hetero) is 1. The number of aryl methyl sites for hydroxylation is 1. The summed E-state index contributed by atoms with van der Waals surface area (Å²) in [7, 11) is 0. The number of carbonyl (C=O) groups is 1. The molecule has 6 nitrogen and oxygen atoms in total. The van der Waals surface area contributed by atoms with Gasteiger partial charge in [-0.3, -0.25) is 4.79 Å². The molecule has 0 aromatic carbocycles. The molecule has 0 spiro atoms. The van der Waals surface area contributed by atoms with Crippen LogP contribution in [-0.4, -0.2) is 20.9 Å². The molecule has 0 atom stereocenters. The summed E-state index contributed by atoms with van der Waals surface area (Å²) in [6, 6.07) is 0. The fourth-order valence-electron chi connectivity index (χ4n) is 3.14. The number of nitrogens with one attached hydrogen (secondary N) is 1. The largest absolute Gasteiger partial charge is 0.354 e. The Hall–Kier alpha value is -1.95. The molecule has 3 N–H and O–H groups in total. The van der Waals surface area contributed by atoms with Crippen LogP contribution in [-0.2, 0) is 12.0 Å². The summed E-state index contributed by atoms with van der Waals surface area (Å²) in [5, 5.41) is 4.06. The van der Waals surface area contributed by atoms with Gasteiger partial charge in [-0.1, -0.05) is 18.5 Å². The smallest absolute Gasteiger partial charge is 0.274 e. The number of hydrogen-bond acceptors (Lipinski definition) is 5. The standard InChI is InChI=1S/C16H22N4O2/c1-4-6-11-12(10(3)21)9(2)18-13(11)14-19-15(20-22-14)16(17)7-5-8-16/h18H,4-8,17H2,1-3H3. The maximum atomic E-state index is 11.9. The number of hydrogen-bond donors (Lipinski definition) is 2. The average molecular weight is 302 g/mol. The van der Waals surface area contributed by atoms with Crippen LogP contribution >= 0.6 is 0 Å². The number of nitrogens with zero attached hydrogens (tertiary/aromatic N) is 2. The van der Waals surface area contributed by atoms with E-state index in [2.05, 4.69) is 22.0 Å². The molecule has 0 unspecified atom stereocenters. The first-order valence-electron chi connectivity index (χ1n) is 7.82. The summed E-state index contributed by atoms with van der Waals surface area (Å²) in [6.45, 7) is 5.56. The molecule has 1 fully saturated rings. The van der Waals surface area contributed by atoms with Crippen molar-refractivity contribution in [2.45, 2.75) is 58.4 Å². The molecule has 0 radical (unpaired) electrons. The van der Waals surface area contributed by atoms with Gasteiger partial charge in [-0.25, -0.2) is 0 Å². The molecular weight excluding hydrogens is 280 g/mol. The Morgan fingerprint density at radius 2 is 2.18 bits per heavy atom. The Labute approximate surface area is 129 Å². The fraction of sp³-hybridized carbons (Fsp3) is 0.562. The van der Waals surface area contributed by atoms with Crippen molar-refractivity contribution in [1.82, 2.24) is 15.1 Å². The molecule has 6 heteroatoms. The summed E-state index contributed by atoms with van der Waals surface area (Å²) in [5.74, 6) is 1.04. The summed E-state index contributed by atoms with van der Waals surface area (Å²) in [4.78, 5) is 19.6. The highest BCUT2D eigenvalue weighted by molar-refractivity contribution is 5.98. The molecule has 3 rings (SSSR count). The van der Waals surface area contributed by atoms with Gasteiger partial charge in [0.2, 0.25) is 0 Å². The minimum atomic E-state index is -0.447. The van der Waals surface area contributed by atoms with Crippen molar-refractivity contribution in [2.75, 3.05) is 0 Å². The van der Waals surface area contributed by atoms with Gasteiger partial charge in [0.15, 0.2) is 11.6 Å². The predicted molar refractivity (Wildman–Crippen MR) is 82.5 cm³/mol. The first kappa shape index (κ1) is 15.0. The molecule has 0 amide bonds. The van der Waals surface area contributed by atoms with Crippen molar-refractivity contribution < 1.29 is 9.32 Å². The SMILES string of the molecule is CCCc1c(-c2nc(C3(N)CCC3)no2)[nH]c(C)c1C(C)=O. The number of H-pyrrole nitrogens is 1. The second kappa shape index (κ2) is 5.35. The van der Waals surface area contributed by atoms with Gasteiger partial charge in [-0.15, -0.1) is 0 Å². The quantitative estimate of drug-likeness (QED) is 0.828. The second-order valence-corrected chi connectivity index (χ2v) is 6.22. The van der Waals surface area contributed by atoms with Crippen molar-refractivity contribution in [1.29, 1.82) is 0 Å². The highest BCUT2D eigenvalue weighted by atomic mass is 16.5. The molecule has 0 aliphatic heterocycles. The third-order valence-electron chi connectivity index (χ3n) is 4.47. The molecule has 2 aromatic rings. The highest BCUT2D eigenvalue weighted by Gasteiger charge is 2.39. The van der Waals surface area contributed by atoms with E-state index < -0.39 is 5.54 Å². The Bertz CT molecular complexity index is 710. The number of aromatic nitrogens is 3. The second-order valence-electron chi connectivity index (χ2n) is 6.22. The Balaban J connectivity index is 2.04. The maximum Gasteiger partial charge on any atom is 0.274 e. The zero-order valence-corrected chi connectivity index (χ0v) is 13.3. The van der Waals surface area contributed by atoms with Crippen LogP contribution in [0.1, 0.15) is 67.0 Å². The van der Waals surface area contributed by atoms with Crippen LogP contribution in [0.25, 0.3) is 11.6 Å². The van der Waals surface area contributed by atoms with E-state index in [-0.39, 0.29) is 5.78 Å². The molecule has 1 saturated carbocycles. The van der Waals surface area contributed by atoms with Crippen molar-refractivity contribution in [2.24, 2.45) is 5.73 Å². The third kappa shape index (κ3) is 2.27. The first-order valence-corrected chi connectivity index (χ1v) is 7.82. The summed E-state index contributed by atoms with van der Waals surface area (Å²) in [5.41, 5.74) is 9.10. The van der Waals surface area contributed by atoms with E-state index in [0.717, 1.165) is 54.6 Å². The van der Waals surface area contributed by atoms with Crippen LogP contribution in [0.2, 0.25) is 0 Å².